The minimum Gasteiger partial charge on any atom is -0.444 e. The predicted octanol–water partition coefficient (Wildman–Crippen LogP) is 6.90. The van der Waals surface area contributed by atoms with Crippen LogP contribution in [-0.2, 0) is 4.74 Å². The van der Waals surface area contributed by atoms with E-state index in [4.69, 9.17) is 10.5 Å². The van der Waals surface area contributed by atoms with Crippen molar-refractivity contribution in [2.45, 2.75) is 102 Å². The number of carbonyl (C=O) groups is 1. The first-order valence-corrected chi connectivity index (χ1v) is 24.8. The van der Waals surface area contributed by atoms with Crippen LogP contribution >= 0.6 is 15.9 Å². The van der Waals surface area contributed by atoms with E-state index >= 15 is 0 Å². The number of hydrogen-bond donors (Lipinski definition) is 2. The number of ether oxygens (including phenoxy) is 1. The first-order chi connectivity index (χ1) is 33.9. The SMILES string of the molecule is CC(C)(C)OC(=O)N1CCC(n2cc([N+](=O)[O-])cn2)CC1.FCCBr.Nc1cnn(C2CCN(CCF)CC2)c1.O=[N+]([O-])c1cnn(C2CCN(CCF)CC2)c1.O=[N+]([O-])c1cnn(C2CCNCC2)c1. The van der Waals surface area contributed by atoms with E-state index in [9.17, 15) is 48.3 Å². The number of nitrogen functional groups attached to an aromatic ring is 1. The number of rotatable bonds is 12. The van der Waals surface area contributed by atoms with Gasteiger partial charge in [0.15, 0.2) is 0 Å². The number of anilines is 1. The van der Waals surface area contributed by atoms with E-state index in [-0.39, 0.29) is 55.3 Å². The molecule has 0 radical (unpaired) electrons. The van der Waals surface area contributed by atoms with E-state index < -0.39 is 20.4 Å². The van der Waals surface area contributed by atoms with Gasteiger partial charge in [0.2, 0.25) is 0 Å². The molecular formula is C43H68BrF3N16O8. The Morgan fingerprint density at radius 1 is 0.634 bits per heavy atom. The van der Waals surface area contributed by atoms with E-state index in [1.54, 1.807) is 25.1 Å². The normalized spacial score (nSPS) is 17.5. The summed E-state index contributed by atoms with van der Waals surface area (Å²) in [6.07, 6.45) is 18.6. The molecule has 24 nitrogen and oxygen atoms in total. The van der Waals surface area contributed by atoms with E-state index in [1.807, 2.05) is 31.6 Å². The summed E-state index contributed by atoms with van der Waals surface area (Å²) < 4.78 is 47.2. The first kappa shape index (κ1) is 57.8. The summed E-state index contributed by atoms with van der Waals surface area (Å²) in [5.41, 5.74) is 5.91. The number of amides is 1. The molecule has 8 heterocycles. The molecule has 71 heavy (non-hydrogen) atoms. The average Bonchev–Trinajstić information content (AvgIpc) is 4.22. The van der Waals surface area contributed by atoms with Gasteiger partial charge in [-0.05, 0) is 85.2 Å². The monoisotopic (exact) mass is 1070 g/mol. The molecule has 0 unspecified atom stereocenters. The van der Waals surface area contributed by atoms with E-state index in [0.29, 0.717) is 62.1 Å². The molecule has 0 aliphatic carbocycles. The van der Waals surface area contributed by atoms with Crippen molar-refractivity contribution in [3.63, 3.8) is 0 Å². The summed E-state index contributed by atoms with van der Waals surface area (Å²) in [5, 5.41) is 51.6. The number of nitrogens with two attached hydrogens (primary N) is 1. The van der Waals surface area contributed by atoms with E-state index in [2.05, 4.69) is 51.4 Å². The number of carbonyl (C=O) groups excluding carboxylic acids is 1. The number of nitrogens with one attached hydrogen (secondary N) is 1. The molecule has 396 valence electrons. The standard InChI is InChI=1S/C13H20N4O4.C10H15FN4O2.C10H17FN4.C8H12N4O2.C2H4BrF/c1-13(2,3)21-12(18)15-6-4-10(5-7-15)16-9-11(8-14-16)17(19)20;11-3-6-13-4-1-9(2-5-13)14-8-10(7-12-14)15(16)17;11-3-6-14-4-1-10(2-5-14)15-8-9(12)7-13-15;13-12(14)8-5-10-11(6-8)7-1-3-9-4-2-7;3-1-2-4/h8-10H,4-7H2,1-3H3;7-9H,1-6H2;7-8,10H,1-6,12H2;5-7,9H,1-4H2;1-2H2. The number of hydrogen-bond acceptors (Lipinski definition) is 16. The van der Waals surface area contributed by atoms with Crippen molar-refractivity contribution >= 4 is 44.8 Å². The number of nitrogens with zero attached hydrogens (tertiary/aromatic N) is 14. The molecule has 4 fully saturated rings. The van der Waals surface area contributed by atoms with Crippen molar-refractivity contribution in [3.8, 4) is 0 Å². The van der Waals surface area contributed by atoms with Gasteiger partial charge in [0.1, 0.15) is 56.1 Å². The second-order valence-electron chi connectivity index (χ2n) is 18.1. The Kier molecular flexibility index (Phi) is 24.1. The Hall–Kier alpha value is -5.74. The fourth-order valence-corrected chi connectivity index (χ4v) is 8.18. The zero-order chi connectivity index (χ0) is 51.9. The first-order valence-electron chi connectivity index (χ1n) is 23.7. The molecule has 0 spiro atoms. The summed E-state index contributed by atoms with van der Waals surface area (Å²) in [4.78, 5) is 48.1. The average molecular weight is 1070 g/mol. The Morgan fingerprint density at radius 2 is 0.972 bits per heavy atom. The number of halogens is 4. The second-order valence-corrected chi connectivity index (χ2v) is 18.9. The third-order valence-electron chi connectivity index (χ3n) is 11.9. The van der Waals surface area contributed by atoms with Gasteiger partial charge in [-0.15, -0.1) is 0 Å². The highest BCUT2D eigenvalue weighted by atomic mass is 79.9. The van der Waals surface area contributed by atoms with Gasteiger partial charge >= 0.3 is 23.2 Å². The van der Waals surface area contributed by atoms with Gasteiger partial charge in [-0.3, -0.25) is 53.5 Å². The van der Waals surface area contributed by atoms with Gasteiger partial charge in [0.25, 0.3) is 0 Å². The summed E-state index contributed by atoms with van der Waals surface area (Å²) in [7, 11) is 0. The van der Waals surface area contributed by atoms with Gasteiger partial charge in [-0.25, -0.2) is 13.6 Å². The van der Waals surface area contributed by atoms with Crippen LogP contribution in [0.15, 0.2) is 49.6 Å². The van der Waals surface area contributed by atoms with Gasteiger partial charge in [0.05, 0.1) is 57.5 Å². The van der Waals surface area contributed by atoms with Crippen molar-refractivity contribution in [2.75, 3.05) is 96.5 Å². The van der Waals surface area contributed by atoms with E-state index in [0.717, 1.165) is 77.8 Å². The van der Waals surface area contributed by atoms with Crippen LogP contribution in [-0.4, -0.2) is 171 Å². The number of alkyl halides is 4. The van der Waals surface area contributed by atoms with Gasteiger partial charge in [-0.2, -0.15) is 20.4 Å². The lowest BCUT2D eigenvalue weighted by molar-refractivity contribution is -0.385. The molecule has 28 heteroatoms. The molecule has 0 atom stereocenters. The zero-order valence-corrected chi connectivity index (χ0v) is 42.2. The summed E-state index contributed by atoms with van der Waals surface area (Å²) in [5.74, 6) is 0. The summed E-state index contributed by atoms with van der Waals surface area (Å²) in [6, 6.07) is 1.01. The molecule has 1 amide bonds. The van der Waals surface area contributed by atoms with Crippen LogP contribution in [0.1, 0.15) is 96.3 Å². The third kappa shape index (κ3) is 19.8. The number of piperidine rings is 4. The number of nitro groups is 3. The highest BCUT2D eigenvalue weighted by Crippen LogP contribution is 2.27. The highest BCUT2D eigenvalue weighted by molar-refractivity contribution is 9.09. The molecule has 8 rings (SSSR count). The molecule has 4 aromatic heterocycles. The van der Waals surface area contributed by atoms with Gasteiger partial charge < -0.3 is 30.5 Å². The van der Waals surface area contributed by atoms with Gasteiger partial charge in [0, 0.05) is 63.9 Å². The van der Waals surface area contributed by atoms with Crippen molar-refractivity contribution in [1.29, 1.82) is 0 Å². The van der Waals surface area contributed by atoms with Gasteiger partial charge in [-0.1, -0.05) is 15.9 Å². The smallest absolute Gasteiger partial charge is 0.410 e. The molecular weight excluding hydrogens is 1010 g/mol. The topological polar surface area (TPSA) is 275 Å². The molecule has 4 aliphatic heterocycles. The molecule has 4 aliphatic rings. The minimum absolute atomic E-state index is 0.00966. The Balaban J connectivity index is 0.000000202. The molecule has 4 aromatic rings. The van der Waals surface area contributed by atoms with Crippen LogP contribution in [0.5, 0.6) is 0 Å². The number of aromatic nitrogens is 8. The van der Waals surface area contributed by atoms with Crippen LogP contribution < -0.4 is 11.1 Å². The fraction of sp³-hybridized carbons (Fsp3) is 0.698. The lowest BCUT2D eigenvalue weighted by Gasteiger charge is -2.33. The van der Waals surface area contributed by atoms with Crippen molar-refractivity contribution in [2.24, 2.45) is 0 Å². The predicted molar refractivity (Wildman–Crippen MR) is 262 cm³/mol. The van der Waals surface area contributed by atoms with E-state index in [1.165, 1.54) is 37.2 Å². The molecule has 0 saturated carbocycles. The zero-order valence-electron chi connectivity index (χ0n) is 40.6. The second kappa shape index (κ2) is 29.6. The van der Waals surface area contributed by atoms with Crippen LogP contribution in [0.4, 0.5) is 40.7 Å². The maximum Gasteiger partial charge on any atom is 0.410 e. The lowest BCUT2D eigenvalue weighted by atomic mass is 10.1. The van der Waals surface area contributed by atoms with Crippen molar-refractivity contribution in [1.82, 2.24) is 59.1 Å². The largest absolute Gasteiger partial charge is 0.444 e. The minimum atomic E-state index is -0.503. The van der Waals surface area contributed by atoms with Crippen LogP contribution in [0.2, 0.25) is 0 Å². The molecule has 0 bridgehead atoms. The van der Waals surface area contributed by atoms with Crippen LogP contribution in [0, 0.1) is 30.3 Å². The molecule has 4 saturated heterocycles. The fourth-order valence-electron chi connectivity index (χ4n) is 8.18. The summed E-state index contributed by atoms with van der Waals surface area (Å²) >= 11 is 2.87. The van der Waals surface area contributed by atoms with Crippen molar-refractivity contribution in [3.05, 3.63) is 79.9 Å². The maximum absolute atomic E-state index is 12.2. The molecule has 0 aromatic carbocycles. The Bertz CT molecular complexity index is 2190. The van der Waals surface area contributed by atoms with Crippen LogP contribution in [0.3, 0.4) is 0 Å². The number of likely N-dealkylation sites (tertiary alicyclic amines) is 3. The Morgan fingerprint density at radius 3 is 1.27 bits per heavy atom. The summed E-state index contributed by atoms with van der Waals surface area (Å²) in [6.45, 7) is 12.3. The lowest BCUT2D eigenvalue weighted by Crippen LogP contribution is -2.42. The third-order valence-corrected chi connectivity index (χ3v) is 12.2. The van der Waals surface area contributed by atoms with Crippen molar-refractivity contribution < 1.29 is 37.5 Å². The molecule has 3 N–H and O–H groups in total. The quantitative estimate of drug-likeness (QED) is 0.0829. The highest BCUT2D eigenvalue weighted by Gasteiger charge is 2.29. The maximum atomic E-state index is 12.2. The Labute approximate surface area is 418 Å². The van der Waals surface area contributed by atoms with Crippen LogP contribution in [0.25, 0.3) is 0 Å².